The minimum absolute atomic E-state index is 0.106. The molecule has 0 spiro atoms. The summed E-state index contributed by atoms with van der Waals surface area (Å²) in [4.78, 5) is 0. The minimum atomic E-state index is -0.197. The highest BCUT2D eigenvalue weighted by atomic mass is 16.5. The molecule has 0 aliphatic heterocycles. The van der Waals surface area contributed by atoms with E-state index >= 15 is 0 Å². The zero-order valence-electron chi connectivity index (χ0n) is 13.3. The van der Waals surface area contributed by atoms with E-state index in [2.05, 4.69) is 27.7 Å². The Labute approximate surface area is 118 Å². The third-order valence-corrected chi connectivity index (χ3v) is 3.20. The first-order chi connectivity index (χ1) is 8.91. The Morgan fingerprint density at radius 3 is 2.21 bits per heavy atom. The van der Waals surface area contributed by atoms with Crippen LogP contribution in [-0.4, -0.2) is 49.3 Å². The number of aliphatic hydroxyl groups excluding tert-OH is 1. The Kier molecular flexibility index (Phi) is 10.5. The summed E-state index contributed by atoms with van der Waals surface area (Å²) in [5.41, 5.74) is -0.197. The lowest BCUT2D eigenvalue weighted by Crippen LogP contribution is -2.29. The van der Waals surface area contributed by atoms with Crippen LogP contribution in [0.3, 0.4) is 0 Å². The summed E-state index contributed by atoms with van der Waals surface area (Å²) in [6, 6.07) is 0. The van der Waals surface area contributed by atoms with E-state index in [1.807, 2.05) is 6.92 Å². The van der Waals surface area contributed by atoms with Gasteiger partial charge in [0.25, 0.3) is 0 Å². The first-order valence-corrected chi connectivity index (χ1v) is 7.39. The second-order valence-electron chi connectivity index (χ2n) is 5.64. The standard InChI is InChI=1S/C15H32O4/c1-6-13(2)18-11-12-19-15(4,5)8-10-17-14(3)7-9-16/h13-14,16H,6-12H2,1-5H3/t13-,14?/m1/s1. The summed E-state index contributed by atoms with van der Waals surface area (Å²) < 4.78 is 17.0. The summed E-state index contributed by atoms with van der Waals surface area (Å²) in [6.07, 6.45) is 2.96. The number of ether oxygens (including phenoxy) is 3. The van der Waals surface area contributed by atoms with Crippen LogP contribution >= 0.6 is 0 Å². The van der Waals surface area contributed by atoms with Crippen molar-refractivity contribution in [3.05, 3.63) is 0 Å². The fourth-order valence-electron chi connectivity index (χ4n) is 1.53. The molecule has 1 unspecified atom stereocenters. The molecular formula is C15H32O4. The molecule has 0 aliphatic rings. The SMILES string of the molecule is CC[C@@H](C)OCCOC(C)(C)CCOC(C)CCO. The molecule has 116 valence electrons. The Morgan fingerprint density at radius 1 is 1.00 bits per heavy atom. The Hall–Kier alpha value is -0.160. The monoisotopic (exact) mass is 276 g/mol. The largest absolute Gasteiger partial charge is 0.396 e. The predicted octanol–water partition coefficient (Wildman–Crippen LogP) is 2.77. The number of hydrogen-bond acceptors (Lipinski definition) is 4. The maximum absolute atomic E-state index is 8.79. The average Bonchev–Trinajstić information content (AvgIpc) is 2.34. The molecule has 0 amide bonds. The van der Waals surface area contributed by atoms with Gasteiger partial charge in [-0.3, -0.25) is 0 Å². The molecular weight excluding hydrogens is 244 g/mol. The number of aliphatic hydroxyl groups is 1. The van der Waals surface area contributed by atoms with E-state index in [-0.39, 0.29) is 18.3 Å². The maximum Gasteiger partial charge on any atom is 0.0707 e. The van der Waals surface area contributed by atoms with Gasteiger partial charge in [0.2, 0.25) is 0 Å². The topological polar surface area (TPSA) is 47.9 Å². The lowest BCUT2D eigenvalue weighted by Gasteiger charge is -2.26. The van der Waals surface area contributed by atoms with Crippen molar-refractivity contribution >= 4 is 0 Å². The smallest absolute Gasteiger partial charge is 0.0707 e. The third-order valence-electron chi connectivity index (χ3n) is 3.20. The van der Waals surface area contributed by atoms with Crippen LogP contribution in [0.1, 0.15) is 53.9 Å². The summed E-state index contributed by atoms with van der Waals surface area (Å²) >= 11 is 0. The van der Waals surface area contributed by atoms with Gasteiger partial charge < -0.3 is 19.3 Å². The van der Waals surface area contributed by atoms with Crippen LogP contribution in [0.15, 0.2) is 0 Å². The van der Waals surface area contributed by atoms with Crippen molar-refractivity contribution in [3.8, 4) is 0 Å². The van der Waals surface area contributed by atoms with Crippen LogP contribution < -0.4 is 0 Å². The first kappa shape index (κ1) is 18.8. The second kappa shape index (κ2) is 10.6. The molecule has 0 bridgehead atoms. The van der Waals surface area contributed by atoms with Gasteiger partial charge in [-0.15, -0.1) is 0 Å². The minimum Gasteiger partial charge on any atom is -0.396 e. The van der Waals surface area contributed by atoms with Gasteiger partial charge >= 0.3 is 0 Å². The van der Waals surface area contributed by atoms with Crippen molar-refractivity contribution in [1.82, 2.24) is 0 Å². The molecule has 0 heterocycles. The summed E-state index contributed by atoms with van der Waals surface area (Å²) in [7, 11) is 0. The van der Waals surface area contributed by atoms with Gasteiger partial charge in [-0.25, -0.2) is 0 Å². The van der Waals surface area contributed by atoms with E-state index in [0.29, 0.717) is 32.3 Å². The molecule has 0 rings (SSSR count). The van der Waals surface area contributed by atoms with Crippen molar-refractivity contribution in [3.63, 3.8) is 0 Å². The first-order valence-electron chi connectivity index (χ1n) is 7.39. The van der Waals surface area contributed by atoms with Gasteiger partial charge in [-0.2, -0.15) is 0 Å². The molecule has 2 atom stereocenters. The molecule has 0 fully saturated rings. The number of hydrogen-bond donors (Lipinski definition) is 1. The van der Waals surface area contributed by atoms with Gasteiger partial charge in [0.1, 0.15) is 0 Å². The van der Waals surface area contributed by atoms with Crippen molar-refractivity contribution in [1.29, 1.82) is 0 Å². The van der Waals surface area contributed by atoms with Crippen LogP contribution in [0, 0.1) is 0 Å². The zero-order valence-corrected chi connectivity index (χ0v) is 13.3. The molecule has 19 heavy (non-hydrogen) atoms. The van der Waals surface area contributed by atoms with E-state index in [1.54, 1.807) is 0 Å². The predicted molar refractivity (Wildman–Crippen MR) is 77.5 cm³/mol. The molecule has 0 saturated carbocycles. The van der Waals surface area contributed by atoms with Gasteiger partial charge in [0.05, 0.1) is 31.0 Å². The van der Waals surface area contributed by atoms with Crippen LogP contribution in [0.2, 0.25) is 0 Å². The van der Waals surface area contributed by atoms with Gasteiger partial charge in [-0.1, -0.05) is 6.92 Å². The highest BCUT2D eigenvalue weighted by Crippen LogP contribution is 2.15. The van der Waals surface area contributed by atoms with E-state index < -0.39 is 0 Å². The normalized spacial score (nSPS) is 15.5. The average molecular weight is 276 g/mol. The van der Waals surface area contributed by atoms with Crippen LogP contribution in [0.5, 0.6) is 0 Å². The molecule has 0 saturated heterocycles. The van der Waals surface area contributed by atoms with Crippen molar-refractivity contribution in [2.24, 2.45) is 0 Å². The molecule has 4 heteroatoms. The van der Waals surface area contributed by atoms with Crippen molar-refractivity contribution in [2.75, 3.05) is 26.4 Å². The molecule has 0 radical (unpaired) electrons. The molecule has 0 aromatic heterocycles. The molecule has 4 nitrogen and oxygen atoms in total. The lowest BCUT2D eigenvalue weighted by molar-refractivity contribution is -0.0764. The quantitative estimate of drug-likeness (QED) is 0.557. The highest BCUT2D eigenvalue weighted by Gasteiger charge is 2.18. The Bertz CT molecular complexity index is 206. The molecule has 0 aromatic carbocycles. The van der Waals surface area contributed by atoms with Crippen molar-refractivity contribution < 1.29 is 19.3 Å². The number of rotatable bonds is 12. The summed E-state index contributed by atoms with van der Waals surface area (Å²) in [5, 5.41) is 8.79. The lowest BCUT2D eigenvalue weighted by atomic mass is 10.1. The van der Waals surface area contributed by atoms with E-state index in [4.69, 9.17) is 19.3 Å². The van der Waals surface area contributed by atoms with Crippen LogP contribution in [0.4, 0.5) is 0 Å². The van der Waals surface area contributed by atoms with Gasteiger partial charge in [0.15, 0.2) is 0 Å². The fourth-order valence-corrected chi connectivity index (χ4v) is 1.53. The molecule has 0 aromatic rings. The van der Waals surface area contributed by atoms with E-state index in [9.17, 15) is 0 Å². The summed E-state index contributed by atoms with van der Waals surface area (Å²) in [5.74, 6) is 0. The Balaban J connectivity index is 3.62. The fraction of sp³-hybridized carbons (Fsp3) is 1.00. The molecule has 0 aliphatic carbocycles. The van der Waals surface area contributed by atoms with E-state index in [1.165, 1.54) is 0 Å². The highest BCUT2D eigenvalue weighted by molar-refractivity contribution is 4.68. The van der Waals surface area contributed by atoms with E-state index in [0.717, 1.165) is 12.8 Å². The second-order valence-corrected chi connectivity index (χ2v) is 5.64. The summed E-state index contributed by atoms with van der Waals surface area (Å²) in [6.45, 7) is 12.4. The van der Waals surface area contributed by atoms with Crippen LogP contribution in [-0.2, 0) is 14.2 Å². The van der Waals surface area contributed by atoms with Crippen LogP contribution in [0.25, 0.3) is 0 Å². The third kappa shape index (κ3) is 11.4. The molecule has 1 N–H and O–H groups in total. The van der Waals surface area contributed by atoms with Gasteiger partial charge in [0, 0.05) is 13.2 Å². The van der Waals surface area contributed by atoms with Crippen molar-refractivity contribution in [2.45, 2.75) is 71.7 Å². The Morgan fingerprint density at radius 2 is 1.63 bits per heavy atom. The van der Waals surface area contributed by atoms with Gasteiger partial charge in [-0.05, 0) is 47.0 Å². The zero-order chi connectivity index (χ0) is 14.7. The maximum atomic E-state index is 8.79.